The fraction of sp³-hybridized carbons (Fsp3) is 0.588. The topological polar surface area (TPSA) is 49.8 Å². The maximum absolute atomic E-state index is 11.9. The van der Waals surface area contributed by atoms with E-state index >= 15 is 0 Å². The molecule has 1 aliphatic carbocycles. The number of methoxy groups -OCH3 is 1. The molecular weight excluding hydrogens is 266 g/mol. The molecule has 0 atom stereocenters. The first-order valence-electron chi connectivity index (χ1n) is 7.84. The molecule has 21 heavy (non-hydrogen) atoms. The molecule has 2 fully saturated rings. The maximum Gasteiger partial charge on any atom is 0.314 e. The minimum Gasteiger partial charge on any atom is -0.497 e. The standard InChI is InChI=1S/C17H23NO3/c1-21-13-6-7-15(18-10-3-2-4-11-18)14(12-13)17(16(19)20)8-5-9-17/h6-7,12H,2-5,8-11H2,1H3,(H,19,20). The highest BCUT2D eigenvalue weighted by Crippen LogP contribution is 2.48. The zero-order valence-electron chi connectivity index (χ0n) is 12.6. The average Bonchev–Trinajstić information content (AvgIpc) is 2.46. The summed E-state index contributed by atoms with van der Waals surface area (Å²) < 4.78 is 5.33. The summed E-state index contributed by atoms with van der Waals surface area (Å²) in [5, 5.41) is 9.76. The molecule has 0 bridgehead atoms. The van der Waals surface area contributed by atoms with Crippen LogP contribution in [-0.4, -0.2) is 31.3 Å². The Kier molecular flexibility index (Phi) is 3.79. The maximum atomic E-state index is 11.9. The van der Waals surface area contributed by atoms with Gasteiger partial charge in [-0.3, -0.25) is 4.79 Å². The van der Waals surface area contributed by atoms with Gasteiger partial charge in [-0.2, -0.15) is 0 Å². The second-order valence-corrected chi connectivity index (χ2v) is 6.17. The molecule has 0 unspecified atom stereocenters. The summed E-state index contributed by atoms with van der Waals surface area (Å²) in [5.74, 6) is 0.0542. The van der Waals surface area contributed by atoms with Crippen LogP contribution in [0.5, 0.6) is 5.75 Å². The van der Waals surface area contributed by atoms with Gasteiger partial charge in [0.05, 0.1) is 12.5 Å². The van der Waals surface area contributed by atoms with Crippen molar-refractivity contribution < 1.29 is 14.6 Å². The van der Waals surface area contributed by atoms with Crippen molar-refractivity contribution in [1.29, 1.82) is 0 Å². The number of hydrogen-bond acceptors (Lipinski definition) is 3. The third-order valence-electron chi connectivity index (χ3n) is 5.03. The molecule has 1 saturated heterocycles. The summed E-state index contributed by atoms with van der Waals surface area (Å²) >= 11 is 0. The lowest BCUT2D eigenvalue weighted by atomic mass is 9.64. The third-order valence-corrected chi connectivity index (χ3v) is 5.03. The molecule has 1 heterocycles. The Hall–Kier alpha value is -1.71. The molecule has 0 amide bonds. The van der Waals surface area contributed by atoms with Gasteiger partial charge in [-0.15, -0.1) is 0 Å². The van der Waals surface area contributed by atoms with Gasteiger partial charge in [0, 0.05) is 18.8 Å². The van der Waals surface area contributed by atoms with Crippen molar-refractivity contribution in [3.63, 3.8) is 0 Å². The SMILES string of the molecule is COc1ccc(N2CCCCC2)c(C2(C(=O)O)CCC2)c1. The summed E-state index contributed by atoms with van der Waals surface area (Å²) in [6.07, 6.45) is 6.10. The van der Waals surface area contributed by atoms with Gasteiger partial charge in [0.1, 0.15) is 5.75 Å². The van der Waals surface area contributed by atoms with Crippen LogP contribution in [0.2, 0.25) is 0 Å². The summed E-state index contributed by atoms with van der Waals surface area (Å²) in [4.78, 5) is 14.2. The number of ether oxygens (including phenoxy) is 1. The number of carboxylic acids is 1. The van der Waals surface area contributed by atoms with Gasteiger partial charge in [-0.25, -0.2) is 0 Å². The normalized spacial score (nSPS) is 20.7. The lowest BCUT2D eigenvalue weighted by Gasteiger charge is -2.42. The van der Waals surface area contributed by atoms with Gasteiger partial charge in [0.2, 0.25) is 0 Å². The average molecular weight is 289 g/mol. The number of piperidine rings is 1. The lowest BCUT2D eigenvalue weighted by Crippen LogP contribution is -2.44. The van der Waals surface area contributed by atoms with Gasteiger partial charge in [0.15, 0.2) is 0 Å². The van der Waals surface area contributed by atoms with Crippen molar-refractivity contribution in [2.75, 3.05) is 25.1 Å². The lowest BCUT2D eigenvalue weighted by molar-refractivity contribution is -0.147. The fourth-order valence-electron chi connectivity index (χ4n) is 3.56. The van der Waals surface area contributed by atoms with Crippen LogP contribution in [0.15, 0.2) is 18.2 Å². The van der Waals surface area contributed by atoms with Crippen molar-refractivity contribution in [2.24, 2.45) is 0 Å². The Morgan fingerprint density at radius 3 is 2.43 bits per heavy atom. The van der Waals surface area contributed by atoms with Crippen LogP contribution in [0.3, 0.4) is 0 Å². The molecule has 1 aliphatic heterocycles. The van der Waals surface area contributed by atoms with Crippen LogP contribution in [-0.2, 0) is 10.2 Å². The van der Waals surface area contributed by atoms with Crippen LogP contribution >= 0.6 is 0 Å². The van der Waals surface area contributed by atoms with Gasteiger partial charge < -0.3 is 14.7 Å². The Morgan fingerprint density at radius 2 is 1.90 bits per heavy atom. The molecule has 1 aromatic rings. The second kappa shape index (κ2) is 5.58. The first-order valence-corrected chi connectivity index (χ1v) is 7.84. The van der Waals surface area contributed by atoms with Crippen LogP contribution in [0.25, 0.3) is 0 Å². The number of aliphatic carboxylic acids is 1. The Labute approximate surface area is 125 Å². The van der Waals surface area contributed by atoms with Crippen molar-refractivity contribution in [3.8, 4) is 5.75 Å². The summed E-state index contributed by atoms with van der Waals surface area (Å²) in [5.41, 5.74) is 1.33. The highest BCUT2D eigenvalue weighted by molar-refractivity contribution is 5.85. The quantitative estimate of drug-likeness (QED) is 0.925. The number of rotatable bonds is 4. The summed E-state index contributed by atoms with van der Waals surface area (Å²) in [6, 6.07) is 5.93. The van der Waals surface area contributed by atoms with Crippen molar-refractivity contribution >= 4 is 11.7 Å². The molecular formula is C17H23NO3. The number of carbonyl (C=O) groups is 1. The smallest absolute Gasteiger partial charge is 0.314 e. The molecule has 4 heteroatoms. The van der Waals surface area contributed by atoms with E-state index in [0.717, 1.165) is 49.4 Å². The van der Waals surface area contributed by atoms with E-state index in [1.807, 2.05) is 18.2 Å². The van der Waals surface area contributed by atoms with E-state index in [0.29, 0.717) is 0 Å². The van der Waals surface area contributed by atoms with Crippen LogP contribution in [0.4, 0.5) is 5.69 Å². The second-order valence-electron chi connectivity index (χ2n) is 6.17. The first-order chi connectivity index (χ1) is 10.2. The predicted molar refractivity (Wildman–Crippen MR) is 82.2 cm³/mol. The molecule has 4 nitrogen and oxygen atoms in total. The van der Waals surface area contributed by atoms with E-state index in [9.17, 15) is 9.90 Å². The summed E-state index contributed by atoms with van der Waals surface area (Å²) in [6.45, 7) is 2.05. The highest BCUT2D eigenvalue weighted by atomic mass is 16.5. The van der Waals surface area contributed by atoms with E-state index in [2.05, 4.69) is 4.90 Å². The number of benzene rings is 1. The molecule has 114 valence electrons. The highest BCUT2D eigenvalue weighted by Gasteiger charge is 2.48. The number of carboxylic acid groups (broad SMARTS) is 1. The zero-order chi connectivity index (χ0) is 14.9. The van der Waals surface area contributed by atoms with Gasteiger partial charge in [-0.1, -0.05) is 6.42 Å². The Bertz CT molecular complexity index is 531. The van der Waals surface area contributed by atoms with Crippen LogP contribution < -0.4 is 9.64 Å². The molecule has 1 saturated carbocycles. The van der Waals surface area contributed by atoms with Gasteiger partial charge in [0.25, 0.3) is 0 Å². The van der Waals surface area contributed by atoms with Crippen molar-refractivity contribution in [2.45, 2.75) is 43.9 Å². The largest absolute Gasteiger partial charge is 0.497 e. The molecule has 1 aromatic carbocycles. The fourth-order valence-corrected chi connectivity index (χ4v) is 3.56. The van der Waals surface area contributed by atoms with Gasteiger partial charge in [-0.05, 0) is 55.9 Å². The minimum absolute atomic E-state index is 0.694. The van der Waals surface area contributed by atoms with E-state index in [4.69, 9.17) is 4.74 Å². The number of anilines is 1. The third kappa shape index (κ3) is 2.37. The molecule has 0 aromatic heterocycles. The van der Waals surface area contributed by atoms with Crippen molar-refractivity contribution in [1.82, 2.24) is 0 Å². The van der Waals surface area contributed by atoms with E-state index in [-0.39, 0.29) is 0 Å². The Balaban J connectivity index is 2.05. The van der Waals surface area contributed by atoms with E-state index in [1.165, 1.54) is 19.3 Å². The van der Waals surface area contributed by atoms with Crippen LogP contribution in [0, 0.1) is 0 Å². The van der Waals surface area contributed by atoms with Crippen LogP contribution in [0.1, 0.15) is 44.1 Å². The molecule has 3 rings (SSSR count). The molecule has 0 radical (unpaired) electrons. The first kappa shape index (κ1) is 14.2. The number of hydrogen-bond donors (Lipinski definition) is 1. The van der Waals surface area contributed by atoms with E-state index < -0.39 is 11.4 Å². The minimum atomic E-state index is -0.707. The molecule has 1 N–H and O–H groups in total. The zero-order valence-corrected chi connectivity index (χ0v) is 12.6. The van der Waals surface area contributed by atoms with Crippen molar-refractivity contribution in [3.05, 3.63) is 23.8 Å². The molecule has 0 spiro atoms. The van der Waals surface area contributed by atoms with Gasteiger partial charge >= 0.3 is 5.97 Å². The Morgan fingerprint density at radius 1 is 1.19 bits per heavy atom. The predicted octanol–water partition coefficient (Wildman–Crippen LogP) is 3.19. The number of nitrogens with zero attached hydrogens (tertiary/aromatic N) is 1. The van der Waals surface area contributed by atoms with E-state index in [1.54, 1.807) is 7.11 Å². The molecule has 2 aliphatic rings. The summed E-state index contributed by atoms with van der Waals surface area (Å²) in [7, 11) is 1.63. The monoisotopic (exact) mass is 289 g/mol.